The molecule has 18 heavy (non-hydrogen) atoms. The van der Waals surface area contributed by atoms with Crippen molar-refractivity contribution in [1.82, 2.24) is 0 Å². The number of rotatable bonds is 4. The van der Waals surface area contributed by atoms with E-state index in [0.29, 0.717) is 0 Å². The average Bonchev–Trinajstić information content (AvgIpc) is 2.33. The zero-order valence-electron chi connectivity index (χ0n) is 11.4. The number of carbonyl (C=O) groups excluding carboxylic acids is 1. The second-order valence-corrected chi connectivity index (χ2v) is 4.27. The van der Waals surface area contributed by atoms with E-state index in [1.54, 1.807) is 13.0 Å². The highest BCUT2D eigenvalue weighted by atomic mass is 16.1. The Morgan fingerprint density at radius 2 is 1.83 bits per heavy atom. The van der Waals surface area contributed by atoms with Crippen molar-refractivity contribution in [3.63, 3.8) is 0 Å². The van der Waals surface area contributed by atoms with Crippen LogP contribution < -0.4 is 0 Å². The number of hydrogen-bond acceptors (Lipinski definition) is 2. The summed E-state index contributed by atoms with van der Waals surface area (Å²) >= 11 is 0. The lowest BCUT2D eigenvalue weighted by Crippen LogP contribution is -2.02. The van der Waals surface area contributed by atoms with Crippen LogP contribution in [0, 0.1) is 19.3 Å². The normalized spacial score (nSPS) is 11.9. The van der Waals surface area contributed by atoms with Crippen LogP contribution in [0.5, 0.6) is 0 Å². The quantitative estimate of drug-likeness (QED) is 0.629. The monoisotopic (exact) mass is 241 g/mol. The fraction of sp³-hybridized carbons (Fsp3) is 0.250. The van der Waals surface area contributed by atoms with E-state index >= 15 is 0 Å². The Bertz CT molecular complexity index is 536. The van der Waals surface area contributed by atoms with Gasteiger partial charge >= 0.3 is 0 Å². The van der Waals surface area contributed by atoms with E-state index in [0.717, 1.165) is 27.8 Å². The summed E-state index contributed by atoms with van der Waals surface area (Å²) in [6.07, 6.45) is 6.66. The largest absolute Gasteiger partial charge is 0.309 e. The van der Waals surface area contributed by atoms with E-state index in [2.05, 4.69) is 0 Å². The summed E-state index contributed by atoms with van der Waals surface area (Å²) in [4.78, 5) is 11.7. The summed E-state index contributed by atoms with van der Waals surface area (Å²) in [5, 5.41) is 7.09. The molecule has 0 bridgehead atoms. The van der Waals surface area contributed by atoms with Crippen molar-refractivity contribution in [2.45, 2.75) is 27.7 Å². The molecule has 0 aliphatic heterocycles. The van der Waals surface area contributed by atoms with Crippen LogP contribution in [0.2, 0.25) is 0 Å². The van der Waals surface area contributed by atoms with Gasteiger partial charge in [-0.15, -0.1) is 0 Å². The van der Waals surface area contributed by atoms with Crippen molar-refractivity contribution in [3.05, 3.63) is 46.5 Å². The van der Waals surface area contributed by atoms with Crippen molar-refractivity contribution in [2.75, 3.05) is 0 Å². The maximum absolute atomic E-state index is 11.7. The highest BCUT2D eigenvalue weighted by molar-refractivity contribution is 6.20. The number of allylic oxidation sites excluding steroid dienone is 3. The van der Waals surface area contributed by atoms with Crippen LogP contribution >= 0.6 is 0 Å². The molecule has 2 heteroatoms. The lowest BCUT2D eigenvalue weighted by molar-refractivity contribution is -0.111. The van der Waals surface area contributed by atoms with Gasteiger partial charge in [0.05, 0.1) is 0 Å². The maximum Gasteiger partial charge on any atom is 0.160 e. The minimum absolute atomic E-state index is 0.0655. The van der Waals surface area contributed by atoms with Crippen molar-refractivity contribution >= 4 is 23.6 Å². The molecule has 0 unspecified atom stereocenters. The fourth-order valence-corrected chi connectivity index (χ4v) is 2.07. The summed E-state index contributed by atoms with van der Waals surface area (Å²) in [6, 6.07) is 4.06. The van der Waals surface area contributed by atoms with E-state index in [9.17, 15) is 4.79 Å². The number of carbonyl (C=O) groups is 1. The number of nitrogens with one attached hydrogen (secondary N) is 1. The Hall–Kier alpha value is -1.96. The second kappa shape index (κ2) is 6.10. The van der Waals surface area contributed by atoms with Crippen LogP contribution in [0.4, 0.5) is 0 Å². The Kier molecular flexibility index (Phi) is 4.78. The molecule has 0 fully saturated rings. The Balaban J connectivity index is 3.59. The molecular formula is C16H19NO. The Morgan fingerprint density at radius 3 is 2.33 bits per heavy atom. The molecule has 0 amide bonds. The Morgan fingerprint density at radius 1 is 1.22 bits per heavy atom. The molecular weight excluding hydrogens is 222 g/mol. The lowest BCUT2D eigenvalue weighted by atomic mass is 9.89. The zero-order chi connectivity index (χ0) is 13.7. The molecule has 1 aromatic rings. The van der Waals surface area contributed by atoms with E-state index in [-0.39, 0.29) is 5.78 Å². The highest BCUT2D eigenvalue weighted by Crippen LogP contribution is 2.27. The van der Waals surface area contributed by atoms with Crippen molar-refractivity contribution < 1.29 is 4.79 Å². The molecule has 0 spiro atoms. The molecule has 2 nitrogen and oxygen atoms in total. The maximum atomic E-state index is 11.7. The van der Waals surface area contributed by atoms with E-state index in [1.807, 2.05) is 45.1 Å². The average molecular weight is 241 g/mol. The third-order valence-corrected chi connectivity index (χ3v) is 2.97. The molecule has 0 aliphatic rings. The predicted octanol–water partition coefficient (Wildman–Crippen LogP) is 3.96. The molecule has 0 aliphatic carbocycles. The summed E-state index contributed by atoms with van der Waals surface area (Å²) < 4.78 is 0. The van der Waals surface area contributed by atoms with Crippen LogP contribution in [0.1, 0.15) is 36.1 Å². The third-order valence-electron chi connectivity index (χ3n) is 2.97. The molecule has 0 atom stereocenters. The predicted molar refractivity (Wildman–Crippen MR) is 78.1 cm³/mol. The van der Waals surface area contributed by atoms with Crippen LogP contribution in [0.25, 0.3) is 11.6 Å². The topological polar surface area (TPSA) is 40.9 Å². The molecule has 94 valence electrons. The number of aryl methyl sites for hydroxylation is 2. The van der Waals surface area contributed by atoms with Crippen molar-refractivity contribution in [3.8, 4) is 0 Å². The van der Waals surface area contributed by atoms with Crippen LogP contribution in [0.15, 0.2) is 24.3 Å². The SMILES string of the molecule is C/C=C(\C(C)=O)c1c(C)ccc(C)c1/C=C\C=N. The van der Waals surface area contributed by atoms with Gasteiger partial charge in [0.25, 0.3) is 0 Å². The number of Topliss-reactive ketones (excluding diaryl/α,β-unsaturated/α-hetero) is 1. The molecule has 1 N–H and O–H groups in total. The lowest BCUT2D eigenvalue weighted by Gasteiger charge is -2.14. The standard InChI is InChI=1S/C16H19NO/c1-5-14(13(4)18)16-12(3)9-8-11(2)15(16)7-6-10-17/h5-10,17H,1-4H3/b7-6-,14-5+,17-10?. The molecule has 0 saturated carbocycles. The molecule has 1 aromatic carbocycles. The molecule has 0 aromatic heterocycles. The van der Waals surface area contributed by atoms with Crippen LogP contribution in [-0.2, 0) is 4.79 Å². The van der Waals surface area contributed by atoms with E-state index in [4.69, 9.17) is 5.41 Å². The van der Waals surface area contributed by atoms with Crippen molar-refractivity contribution in [2.24, 2.45) is 0 Å². The first kappa shape index (κ1) is 14.1. The first-order chi connectivity index (χ1) is 8.52. The van der Waals surface area contributed by atoms with Crippen molar-refractivity contribution in [1.29, 1.82) is 5.41 Å². The summed E-state index contributed by atoms with van der Waals surface area (Å²) in [5.41, 5.74) is 4.91. The van der Waals surface area contributed by atoms with E-state index in [1.165, 1.54) is 6.21 Å². The van der Waals surface area contributed by atoms with Gasteiger partial charge in [-0.3, -0.25) is 4.79 Å². The van der Waals surface area contributed by atoms with Gasteiger partial charge in [0.1, 0.15) is 0 Å². The van der Waals surface area contributed by atoms with Gasteiger partial charge in [-0.25, -0.2) is 0 Å². The third kappa shape index (κ3) is 2.83. The number of hydrogen-bond donors (Lipinski definition) is 1. The number of ketones is 1. The van der Waals surface area contributed by atoms with Gasteiger partial charge in [0, 0.05) is 11.8 Å². The van der Waals surface area contributed by atoms with Gasteiger partial charge in [-0.2, -0.15) is 0 Å². The fourth-order valence-electron chi connectivity index (χ4n) is 2.07. The summed E-state index contributed by atoms with van der Waals surface area (Å²) in [6.45, 7) is 7.48. The molecule has 0 radical (unpaired) electrons. The van der Waals surface area contributed by atoms with Gasteiger partial charge in [-0.05, 0) is 56.0 Å². The minimum Gasteiger partial charge on any atom is -0.309 e. The smallest absolute Gasteiger partial charge is 0.160 e. The van der Waals surface area contributed by atoms with Gasteiger partial charge in [0.2, 0.25) is 0 Å². The molecule has 1 rings (SSSR count). The second-order valence-electron chi connectivity index (χ2n) is 4.27. The summed E-state index contributed by atoms with van der Waals surface area (Å²) in [5.74, 6) is 0.0655. The minimum atomic E-state index is 0.0655. The Labute approximate surface area is 109 Å². The highest BCUT2D eigenvalue weighted by Gasteiger charge is 2.14. The first-order valence-corrected chi connectivity index (χ1v) is 5.97. The van der Waals surface area contributed by atoms with E-state index < -0.39 is 0 Å². The van der Waals surface area contributed by atoms with Gasteiger partial charge < -0.3 is 5.41 Å². The van der Waals surface area contributed by atoms with Gasteiger partial charge in [-0.1, -0.05) is 24.3 Å². The van der Waals surface area contributed by atoms with Crippen LogP contribution in [0.3, 0.4) is 0 Å². The molecule has 0 heterocycles. The first-order valence-electron chi connectivity index (χ1n) is 5.97. The van der Waals surface area contributed by atoms with Crippen LogP contribution in [-0.4, -0.2) is 12.0 Å². The summed E-state index contributed by atoms with van der Waals surface area (Å²) in [7, 11) is 0. The van der Waals surface area contributed by atoms with Gasteiger partial charge in [0.15, 0.2) is 5.78 Å². The molecule has 0 saturated heterocycles. The zero-order valence-corrected chi connectivity index (χ0v) is 11.4. The number of benzene rings is 1.